The molecule has 2 aromatic rings. The molecule has 3 heterocycles. The number of hydrogen-bond acceptors (Lipinski definition) is 14. The molecule has 2 unspecified atom stereocenters. The number of Topliss-reactive ketones (excluding diaryl/α,β-unsaturated/α-hetero) is 1. The van der Waals surface area contributed by atoms with Gasteiger partial charge in [0.25, 0.3) is 42.2 Å². The maximum Gasteiger partial charge on any atom is 0.333 e. The van der Waals surface area contributed by atoms with Crippen molar-refractivity contribution in [3.8, 4) is 0 Å². The predicted molar refractivity (Wildman–Crippen MR) is 219 cm³/mol. The lowest BCUT2D eigenvalue weighted by atomic mass is 9.74. The summed E-state index contributed by atoms with van der Waals surface area (Å²) in [6.07, 6.45) is 2.62. The minimum atomic E-state index is -4.68. The van der Waals surface area contributed by atoms with Gasteiger partial charge in [-0.15, -0.1) is 5.06 Å². The number of carbonyl (C=O) groups is 4. The number of likely N-dealkylation sites (N-methyl/N-ethyl adjacent to an activating group) is 1. The molecule has 1 aliphatic carbocycles. The number of imide groups is 1. The van der Waals surface area contributed by atoms with E-state index in [4.69, 9.17) is 9.57 Å². The molecule has 2 amide bonds. The lowest BCUT2D eigenvalue weighted by molar-refractivity contribution is -0.438. The van der Waals surface area contributed by atoms with Crippen molar-refractivity contribution in [1.29, 1.82) is 0 Å². The van der Waals surface area contributed by atoms with Crippen LogP contribution in [0.1, 0.15) is 76.8 Å². The number of benzene rings is 2. The van der Waals surface area contributed by atoms with E-state index >= 15 is 0 Å². The van der Waals surface area contributed by atoms with Crippen molar-refractivity contribution in [3.05, 3.63) is 82.3 Å². The molecule has 22 heteroatoms. The molecule has 4 N–H and O–H groups in total. The maximum atomic E-state index is 14.2. The fraction of sp³-hybridized carbons (Fsp3) is 0.425. The number of allylic oxidation sites excluding steroid dienone is 5. The Kier molecular flexibility index (Phi) is 12.6. The van der Waals surface area contributed by atoms with Gasteiger partial charge in [0.15, 0.2) is 5.71 Å². The van der Waals surface area contributed by atoms with Gasteiger partial charge in [0.2, 0.25) is 11.5 Å². The predicted octanol–water partition coefficient (Wildman–Crippen LogP) is 3.63. The molecule has 0 radical (unpaired) electrons. The number of hydrogen-bond donors (Lipinski definition) is 4. The topological polar surface area (TPSA) is 280 Å². The van der Waals surface area contributed by atoms with Crippen LogP contribution in [0.2, 0.25) is 0 Å². The largest absolute Gasteiger partial charge is 0.506 e. The Balaban J connectivity index is 1.44. The highest BCUT2D eigenvalue weighted by Crippen LogP contribution is 2.52. The van der Waals surface area contributed by atoms with Crippen molar-refractivity contribution < 1.29 is 77.3 Å². The van der Waals surface area contributed by atoms with E-state index in [9.17, 15) is 63.2 Å². The highest BCUT2D eigenvalue weighted by Gasteiger charge is 2.50. The van der Waals surface area contributed by atoms with Gasteiger partial charge in [-0.2, -0.15) is 29.8 Å². The summed E-state index contributed by atoms with van der Waals surface area (Å²) < 4.78 is 109. The van der Waals surface area contributed by atoms with Crippen LogP contribution in [0.25, 0.3) is 0 Å². The Morgan fingerprint density at radius 3 is 2.03 bits per heavy atom. The van der Waals surface area contributed by atoms with Crippen LogP contribution in [0, 0.1) is 0 Å². The lowest BCUT2D eigenvalue weighted by Gasteiger charge is -2.31. The normalized spacial score (nSPS) is 22.9. The molecule has 19 nitrogen and oxygen atoms in total. The number of hydroxylamine groups is 2. The summed E-state index contributed by atoms with van der Waals surface area (Å²) in [5.74, 6) is -3.85. The quantitative estimate of drug-likeness (QED) is 0.0763. The van der Waals surface area contributed by atoms with E-state index in [0.29, 0.717) is 39.0 Å². The van der Waals surface area contributed by atoms with E-state index in [0.717, 1.165) is 0 Å². The van der Waals surface area contributed by atoms with Crippen molar-refractivity contribution in [2.24, 2.45) is 0 Å². The van der Waals surface area contributed by atoms with Crippen LogP contribution in [0.15, 0.2) is 80.9 Å². The van der Waals surface area contributed by atoms with E-state index in [-0.39, 0.29) is 75.8 Å². The number of methoxy groups -OCH3 is 1. The number of anilines is 1. The van der Waals surface area contributed by atoms with E-state index in [1.165, 1.54) is 55.7 Å². The van der Waals surface area contributed by atoms with E-state index in [2.05, 4.69) is 0 Å². The first kappa shape index (κ1) is 46.4. The Morgan fingerprint density at radius 2 is 1.47 bits per heavy atom. The molecule has 2 atom stereocenters. The number of nitrogens with zero attached hydrogens (tertiary/aromatic N) is 3. The Bertz CT molecular complexity index is 2740. The van der Waals surface area contributed by atoms with Crippen LogP contribution in [-0.4, -0.2) is 115 Å². The van der Waals surface area contributed by atoms with Gasteiger partial charge >= 0.3 is 5.97 Å². The smallest absolute Gasteiger partial charge is 0.333 e. The van der Waals surface area contributed by atoms with Gasteiger partial charge in [0, 0.05) is 74.0 Å². The third kappa shape index (κ3) is 8.76. The first-order chi connectivity index (χ1) is 28.9. The number of rotatable bonds is 17. The first-order valence-electron chi connectivity index (χ1n) is 19.4. The van der Waals surface area contributed by atoms with Crippen LogP contribution in [0.5, 0.6) is 0 Å². The fourth-order valence-electron chi connectivity index (χ4n) is 8.50. The van der Waals surface area contributed by atoms with E-state index < -0.39 is 86.1 Å². The molecule has 334 valence electrons. The second-order valence-corrected chi connectivity index (χ2v) is 20.1. The molecule has 6 rings (SSSR count). The number of carbonyl (C=O) groups excluding carboxylic acids is 4. The standard InChI is InChI=1S/C40H45N3O16S3/c1-5-41-30-11-9-24(61(52,53)54)20-28(30)39(2,15-7-19-60(49,50)51)32(41)22-26-37(47)27(38(26)48)23-33-40(3,16-18-58-4)29-21-25(62(55,56)57)10-12-31(29)42(33)17-6-8-36(46)59-43-34(44)13-14-35(43)45/h9-12,20-23H,5-8,13-19H2,1-4H3,(H3-,47,48,49,50,51,52,53,54,55,56,57)/p+1. The van der Waals surface area contributed by atoms with Crippen molar-refractivity contribution in [1.82, 2.24) is 5.06 Å². The summed E-state index contributed by atoms with van der Waals surface area (Å²) in [4.78, 5) is 56.9. The highest BCUT2D eigenvalue weighted by molar-refractivity contribution is 7.86. The second kappa shape index (κ2) is 16.9. The number of aliphatic hydroxyl groups is 1. The zero-order valence-corrected chi connectivity index (χ0v) is 36.6. The molecule has 0 saturated carbocycles. The van der Waals surface area contributed by atoms with Gasteiger partial charge in [-0.25, -0.2) is 4.79 Å². The summed E-state index contributed by atoms with van der Waals surface area (Å²) in [6, 6.07) is 7.86. The molecule has 0 bridgehead atoms. The zero-order valence-electron chi connectivity index (χ0n) is 34.2. The van der Waals surface area contributed by atoms with Crippen LogP contribution in [-0.2, 0) is 69.9 Å². The van der Waals surface area contributed by atoms with Crippen LogP contribution in [0.4, 0.5) is 11.4 Å². The first-order valence-corrected chi connectivity index (χ1v) is 23.9. The molecule has 4 aliphatic rings. The van der Waals surface area contributed by atoms with Gasteiger partial charge in [-0.3, -0.25) is 28.0 Å². The summed E-state index contributed by atoms with van der Waals surface area (Å²) in [5, 5.41) is 12.1. The Hall–Kier alpha value is -5.10. The molecule has 0 spiro atoms. The van der Waals surface area contributed by atoms with Crippen LogP contribution >= 0.6 is 0 Å². The molecule has 0 aromatic heterocycles. The van der Waals surface area contributed by atoms with E-state index in [1.807, 2.05) is 0 Å². The Labute approximate surface area is 358 Å². The monoisotopic (exact) mass is 920 g/mol. The van der Waals surface area contributed by atoms with Crippen molar-refractivity contribution in [2.45, 2.75) is 86.3 Å². The molecule has 62 heavy (non-hydrogen) atoms. The average molecular weight is 921 g/mol. The van der Waals surface area contributed by atoms with Gasteiger partial charge in [0.05, 0.1) is 38.5 Å². The summed E-state index contributed by atoms with van der Waals surface area (Å²) in [6.45, 7) is 5.67. The minimum Gasteiger partial charge on any atom is -0.506 e. The van der Waals surface area contributed by atoms with Crippen LogP contribution < -0.4 is 4.90 Å². The lowest BCUT2D eigenvalue weighted by Crippen LogP contribution is -2.35. The van der Waals surface area contributed by atoms with Gasteiger partial charge in [0.1, 0.15) is 12.3 Å². The third-order valence-electron chi connectivity index (χ3n) is 11.7. The molecule has 2 aromatic carbocycles. The molecule has 3 aliphatic heterocycles. The molecule has 1 fully saturated rings. The minimum absolute atomic E-state index is 0.0225. The maximum absolute atomic E-state index is 14.2. The summed E-state index contributed by atoms with van der Waals surface area (Å²) in [7, 11) is -12.3. The zero-order chi connectivity index (χ0) is 45.7. The van der Waals surface area contributed by atoms with Gasteiger partial charge in [-0.05, 0) is 82.0 Å². The van der Waals surface area contributed by atoms with Crippen molar-refractivity contribution >= 4 is 71.0 Å². The highest BCUT2D eigenvalue weighted by atomic mass is 32.2. The number of fused-ring (bicyclic) bond motifs is 2. The van der Waals surface area contributed by atoms with Crippen molar-refractivity contribution in [2.75, 3.05) is 37.5 Å². The number of ketones is 1. The SMILES string of the molecule is CCN1C(=CC2=C(O)C(=CC3=[N+](CCCC(=O)ON4C(=O)CCC4=O)c4ccc(S(=O)(=O)O)cc4C3(C)CCOC)C2=O)C(C)(CCCS(=O)(=O)O)c2cc(S(=O)(=O)O)ccc21. The fourth-order valence-corrected chi connectivity index (χ4v) is 10.0. The van der Waals surface area contributed by atoms with Gasteiger partial charge < -0.3 is 19.6 Å². The molecular weight excluding hydrogens is 875 g/mol. The number of amides is 2. The van der Waals surface area contributed by atoms with Crippen LogP contribution in [0.3, 0.4) is 0 Å². The second-order valence-electron chi connectivity index (χ2n) is 15.7. The Morgan fingerprint density at radius 1 is 0.855 bits per heavy atom. The summed E-state index contributed by atoms with van der Waals surface area (Å²) in [5.41, 5.74) is -0.107. The summed E-state index contributed by atoms with van der Waals surface area (Å²) >= 11 is 0. The van der Waals surface area contributed by atoms with E-state index in [1.54, 1.807) is 30.2 Å². The van der Waals surface area contributed by atoms with Gasteiger partial charge in [-0.1, -0.05) is 0 Å². The number of ether oxygens (including phenoxy) is 1. The molecule has 1 saturated heterocycles. The number of aliphatic hydroxyl groups excluding tert-OH is 1. The average Bonchev–Trinajstić information content (AvgIpc) is 3.72. The third-order valence-corrected chi connectivity index (χ3v) is 14.2. The van der Waals surface area contributed by atoms with Crippen molar-refractivity contribution in [3.63, 3.8) is 0 Å². The molecular formula is C40H46N3O16S3+.